The SMILES string of the molecule is C=C/C(=C\CC)NCCOC(=O)C(=C)C. The Balaban J connectivity index is 3.70. The molecule has 0 saturated carbocycles. The van der Waals surface area contributed by atoms with Gasteiger partial charge in [0.1, 0.15) is 6.61 Å². The van der Waals surface area contributed by atoms with Gasteiger partial charge in [-0.2, -0.15) is 0 Å². The Hall–Kier alpha value is -1.51. The van der Waals surface area contributed by atoms with Gasteiger partial charge in [-0.05, 0) is 19.4 Å². The number of rotatable bonds is 7. The zero-order valence-corrected chi connectivity index (χ0v) is 9.51. The summed E-state index contributed by atoms with van der Waals surface area (Å²) in [7, 11) is 0. The fourth-order valence-electron chi connectivity index (χ4n) is 0.910. The van der Waals surface area contributed by atoms with Crippen molar-refractivity contribution >= 4 is 5.97 Å². The smallest absolute Gasteiger partial charge is 0.333 e. The summed E-state index contributed by atoms with van der Waals surface area (Å²) >= 11 is 0. The predicted molar refractivity (Wildman–Crippen MR) is 62.3 cm³/mol. The molecule has 15 heavy (non-hydrogen) atoms. The second-order valence-corrected chi connectivity index (χ2v) is 3.11. The molecule has 0 unspecified atom stereocenters. The number of carbonyl (C=O) groups excluding carboxylic acids is 1. The summed E-state index contributed by atoms with van der Waals surface area (Å²) in [6.07, 6.45) is 4.71. The molecule has 0 atom stereocenters. The number of ether oxygens (including phenoxy) is 1. The molecule has 0 rings (SSSR count). The van der Waals surface area contributed by atoms with Gasteiger partial charge >= 0.3 is 5.97 Å². The first-order chi connectivity index (χ1) is 7.11. The van der Waals surface area contributed by atoms with Crippen LogP contribution < -0.4 is 5.32 Å². The molecule has 0 aliphatic heterocycles. The normalized spacial score (nSPS) is 10.7. The Labute approximate surface area is 91.5 Å². The Morgan fingerprint density at radius 3 is 2.67 bits per heavy atom. The molecule has 0 heterocycles. The maximum absolute atomic E-state index is 11.0. The minimum absolute atomic E-state index is 0.334. The molecule has 0 aromatic rings. The van der Waals surface area contributed by atoms with Crippen LogP contribution in [0.15, 0.2) is 36.6 Å². The molecule has 0 bridgehead atoms. The average molecular weight is 209 g/mol. The molecule has 0 aromatic heterocycles. The minimum Gasteiger partial charge on any atom is -0.460 e. The van der Waals surface area contributed by atoms with Crippen LogP contribution in [0.2, 0.25) is 0 Å². The summed E-state index contributed by atoms with van der Waals surface area (Å²) in [5.41, 5.74) is 1.38. The zero-order valence-electron chi connectivity index (χ0n) is 9.51. The van der Waals surface area contributed by atoms with E-state index in [1.54, 1.807) is 13.0 Å². The maximum Gasteiger partial charge on any atom is 0.333 e. The van der Waals surface area contributed by atoms with Gasteiger partial charge in [-0.15, -0.1) is 0 Å². The lowest BCUT2D eigenvalue weighted by Crippen LogP contribution is -2.20. The van der Waals surface area contributed by atoms with Crippen LogP contribution in [0.5, 0.6) is 0 Å². The van der Waals surface area contributed by atoms with Crippen LogP contribution in [0.1, 0.15) is 20.3 Å². The van der Waals surface area contributed by atoms with Crippen LogP contribution in [-0.4, -0.2) is 19.1 Å². The molecule has 0 aliphatic carbocycles. The maximum atomic E-state index is 11.0. The van der Waals surface area contributed by atoms with Gasteiger partial charge in [0, 0.05) is 17.8 Å². The van der Waals surface area contributed by atoms with Crippen LogP contribution in [0.3, 0.4) is 0 Å². The summed E-state index contributed by atoms with van der Waals surface area (Å²) in [5, 5.41) is 3.10. The molecule has 0 amide bonds. The van der Waals surface area contributed by atoms with E-state index in [-0.39, 0.29) is 5.97 Å². The van der Waals surface area contributed by atoms with Crippen LogP contribution >= 0.6 is 0 Å². The average Bonchev–Trinajstić information content (AvgIpc) is 2.22. The quantitative estimate of drug-likeness (QED) is 0.302. The summed E-state index contributed by atoms with van der Waals surface area (Å²) < 4.78 is 4.91. The second kappa shape index (κ2) is 7.85. The van der Waals surface area contributed by atoms with E-state index in [9.17, 15) is 4.79 Å². The molecular formula is C12H19NO2. The molecule has 0 aromatic carbocycles. The Bertz CT molecular complexity index is 267. The van der Waals surface area contributed by atoms with Gasteiger partial charge in [-0.3, -0.25) is 0 Å². The highest BCUT2D eigenvalue weighted by atomic mass is 16.5. The third-order valence-electron chi connectivity index (χ3n) is 1.66. The number of hydrogen-bond donors (Lipinski definition) is 1. The van der Waals surface area contributed by atoms with Crippen molar-refractivity contribution in [2.24, 2.45) is 0 Å². The summed E-state index contributed by atoms with van der Waals surface area (Å²) in [5.74, 6) is -0.351. The molecule has 0 radical (unpaired) electrons. The lowest BCUT2D eigenvalue weighted by Gasteiger charge is -2.07. The molecule has 0 aliphatic rings. The molecule has 3 nitrogen and oxygen atoms in total. The van der Waals surface area contributed by atoms with Gasteiger partial charge < -0.3 is 10.1 Å². The third-order valence-corrected chi connectivity index (χ3v) is 1.66. The fourth-order valence-corrected chi connectivity index (χ4v) is 0.910. The first-order valence-corrected chi connectivity index (χ1v) is 5.00. The van der Waals surface area contributed by atoms with Gasteiger partial charge in [-0.1, -0.05) is 26.2 Å². The third kappa shape index (κ3) is 6.55. The van der Waals surface area contributed by atoms with Gasteiger partial charge in [0.25, 0.3) is 0 Å². The lowest BCUT2D eigenvalue weighted by molar-refractivity contribution is -0.138. The van der Waals surface area contributed by atoms with Crippen LogP contribution in [-0.2, 0) is 9.53 Å². The van der Waals surface area contributed by atoms with E-state index in [0.717, 1.165) is 12.1 Å². The van der Waals surface area contributed by atoms with Gasteiger partial charge in [0.2, 0.25) is 0 Å². The van der Waals surface area contributed by atoms with E-state index in [2.05, 4.69) is 18.5 Å². The summed E-state index contributed by atoms with van der Waals surface area (Å²) in [6, 6.07) is 0. The fraction of sp³-hybridized carbons (Fsp3) is 0.417. The van der Waals surface area contributed by atoms with Crippen LogP contribution in [0.4, 0.5) is 0 Å². The van der Waals surface area contributed by atoms with Crippen molar-refractivity contribution in [1.82, 2.24) is 5.32 Å². The highest BCUT2D eigenvalue weighted by Gasteiger charge is 2.01. The number of allylic oxidation sites excluding steroid dienone is 2. The minimum atomic E-state index is -0.351. The van der Waals surface area contributed by atoms with Gasteiger partial charge in [-0.25, -0.2) is 4.79 Å². The molecule has 0 saturated heterocycles. The number of hydrogen-bond acceptors (Lipinski definition) is 3. The summed E-state index contributed by atoms with van der Waals surface area (Å²) in [6.45, 7) is 11.7. The van der Waals surface area contributed by atoms with Crippen molar-refractivity contribution in [3.05, 3.63) is 36.6 Å². The lowest BCUT2D eigenvalue weighted by atomic mass is 10.3. The van der Waals surface area contributed by atoms with Crippen molar-refractivity contribution < 1.29 is 9.53 Å². The molecule has 3 heteroatoms. The van der Waals surface area contributed by atoms with Gasteiger partial charge in [0.15, 0.2) is 0 Å². The largest absolute Gasteiger partial charge is 0.460 e. The van der Waals surface area contributed by atoms with E-state index < -0.39 is 0 Å². The van der Waals surface area contributed by atoms with Gasteiger partial charge in [0.05, 0.1) is 0 Å². The Kier molecular flexibility index (Phi) is 7.06. The van der Waals surface area contributed by atoms with E-state index in [1.807, 2.05) is 13.0 Å². The van der Waals surface area contributed by atoms with E-state index >= 15 is 0 Å². The van der Waals surface area contributed by atoms with E-state index in [4.69, 9.17) is 4.74 Å². The second-order valence-electron chi connectivity index (χ2n) is 3.11. The Morgan fingerprint density at radius 1 is 1.53 bits per heavy atom. The van der Waals surface area contributed by atoms with E-state index in [1.165, 1.54) is 0 Å². The first kappa shape index (κ1) is 13.5. The van der Waals surface area contributed by atoms with Crippen LogP contribution in [0.25, 0.3) is 0 Å². The zero-order chi connectivity index (χ0) is 11.7. The monoisotopic (exact) mass is 209 g/mol. The predicted octanol–water partition coefficient (Wildman–Crippen LogP) is 2.18. The Morgan fingerprint density at radius 2 is 2.20 bits per heavy atom. The van der Waals surface area contributed by atoms with Crippen molar-refractivity contribution in [3.8, 4) is 0 Å². The molecule has 84 valence electrons. The standard InChI is InChI=1S/C12H19NO2/c1-5-7-11(6-2)13-8-9-15-12(14)10(3)4/h6-7,13H,2-3,5,8-9H2,1,4H3/b11-7+. The molecule has 1 N–H and O–H groups in total. The molecule has 0 spiro atoms. The topological polar surface area (TPSA) is 38.3 Å². The van der Waals surface area contributed by atoms with Crippen molar-refractivity contribution in [3.63, 3.8) is 0 Å². The first-order valence-electron chi connectivity index (χ1n) is 5.00. The molecule has 0 fully saturated rings. The van der Waals surface area contributed by atoms with Crippen LogP contribution in [0, 0.1) is 0 Å². The number of carbonyl (C=O) groups is 1. The molecular weight excluding hydrogens is 190 g/mol. The number of nitrogens with one attached hydrogen (secondary N) is 1. The summed E-state index contributed by atoms with van der Waals surface area (Å²) in [4.78, 5) is 11.0. The highest BCUT2D eigenvalue weighted by molar-refractivity contribution is 5.86. The van der Waals surface area contributed by atoms with Crippen molar-refractivity contribution in [1.29, 1.82) is 0 Å². The number of esters is 1. The highest BCUT2D eigenvalue weighted by Crippen LogP contribution is 1.94. The van der Waals surface area contributed by atoms with Crippen molar-refractivity contribution in [2.75, 3.05) is 13.2 Å². The van der Waals surface area contributed by atoms with E-state index in [0.29, 0.717) is 18.7 Å². The van der Waals surface area contributed by atoms with Crippen molar-refractivity contribution in [2.45, 2.75) is 20.3 Å².